The van der Waals surface area contributed by atoms with E-state index in [0.717, 1.165) is 0 Å². The van der Waals surface area contributed by atoms with Gasteiger partial charge in [0.2, 0.25) is 6.71 Å². The van der Waals surface area contributed by atoms with E-state index < -0.39 is 0 Å². The monoisotopic (exact) mass is 465 g/mol. The number of nitrogens with zero attached hydrogens (tertiary/aromatic N) is 1. The third-order valence-electron chi connectivity index (χ3n) is 7.66. The summed E-state index contributed by atoms with van der Waals surface area (Å²) in [7, 11) is 0. The Morgan fingerprint density at radius 2 is 1.38 bits per heavy atom. The molecule has 0 spiro atoms. The lowest BCUT2D eigenvalue weighted by molar-refractivity contribution is 1.17. The third-order valence-corrected chi connectivity index (χ3v) is 9.96. The summed E-state index contributed by atoms with van der Waals surface area (Å²) in [6.45, 7) is 0.277. The molecule has 156 valence electrons. The van der Waals surface area contributed by atoms with Gasteiger partial charge in [0.1, 0.15) is 0 Å². The minimum atomic E-state index is 0.277. The second-order valence-electron chi connectivity index (χ2n) is 9.27. The number of benzene rings is 5. The fourth-order valence-corrected chi connectivity index (χ4v) is 8.68. The molecule has 0 saturated heterocycles. The summed E-state index contributed by atoms with van der Waals surface area (Å²) < 4.78 is 5.28. The largest absolute Gasteiger partial charge is 0.310 e. The molecule has 1 nitrogen and oxygen atoms in total. The van der Waals surface area contributed by atoms with Crippen molar-refractivity contribution in [2.45, 2.75) is 9.79 Å². The normalized spacial score (nSPS) is 13.7. The Morgan fingerprint density at radius 3 is 2.38 bits per heavy atom. The van der Waals surface area contributed by atoms with Crippen LogP contribution in [0.3, 0.4) is 0 Å². The van der Waals surface area contributed by atoms with E-state index in [0.29, 0.717) is 0 Å². The van der Waals surface area contributed by atoms with E-state index in [9.17, 15) is 0 Å². The molecule has 0 amide bonds. The van der Waals surface area contributed by atoms with Gasteiger partial charge in [0.05, 0.1) is 5.52 Å². The van der Waals surface area contributed by atoms with Crippen LogP contribution in [0.4, 0.5) is 0 Å². The predicted molar refractivity (Wildman–Crippen MR) is 149 cm³/mol. The predicted octanol–water partition coefficient (Wildman–Crippen LogP) is 6.45. The molecule has 0 N–H and O–H groups in total. The van der Waals surface area contributed by atoms with Gasteiger partial charge >= 0.3 is 0 Å². The molecule has 0 unspecified atom stereocenters. The number of hydrogen-bond acceptors (Lipinski definition) is 2. The maximum absolute atomic E-state index is 2.55. The molecule has 7 aromatic rings. The maximum atomic E-state index is 2.55. The summed E-state index contributed by atoms with van der Waals surface area (Å²) >= 11 is 3.82. The average Bonchev–Trinajstić information content (AvgIpc) is 3.43. The average molecular weight is 465 g/mol. The van der Waals surface area contributed by atoms with Crippen molar-refractivity contribution in [3.63, 3.8) is 0 Å². The molecular weight excluding hydrogens is 449 g/mol. The van der Waals surface area contributed by atoms with Crippen LogP contribution in [-0.2, 0) is 0 Å². The van der Waals surface area contributed by atoms with Crippen LogP contribution in [0.15, 0.2) is 107 Å². The molecule has 0 bridgehead atoms. The first kappa shape index (κ1) is 17.9. The van der Waals surface area contributed by atoms with Crippen LogP contribution in [0.2, 0.25) is 0 Å². The van der Waals surface area contributed by atoms with Crippen LogP contribution >= 0.6 is 23.1 Å². The van der Waals surface area contributed by atoms with Crippen molar-refractivity contribution < 1.29 is 0 Å². The van der Waals surface area contributed by atoms with Crippen LogP contribution in [-0.4, -0.2) is 11.3 Å². The van der Waals surface area contributed by atoms with E-state index in [1.165, 1.54) is 73.8 Å². The van der Waals surface area contributed by atoms with E-state index in [1.54, 1.807) is 0 Å². The Morgan fingerprint density at radius 1 is 0.588 bits per heavy atom. The molecule has 0 fully saturated rings. The Labute approximate surface area is 204 Å². The molecule has 5 aromatic carbocycles. The second-order valence-corrected chi connectivity index (χ2v) is 11.4. The highest BCUT2D eigenvalue weighted by Gasteiger charge is 2.39. The zero-order valence-electron chi connectivity index (χ0n) is 18.1. The molecule has 2 aliphatic heterocycles. The van der Waals surface area contributed by atoms with E-state index in [4.69, 9.17) is 0 Å². The first-order valence-electron chi connectivity index (χ1n) is 11.7. The zero-order chi connectivity index (χ0) is 22.0. The summed E-state index contributed by atoms with van der Waals surface area (Å²) in [4.78, 5) is 2.76. The first-order valence-corrected chi connectivity index (χ1v) is 13.3. The Hall–Kier alpha value is -3.47. The lowest BCUT2D eigenvalue weighted by atomic mass is 9.35. The number of rotatable bonds is 0. The van der Waals surface area contributed by atoms with Crippen LogP contribution in [0.1, 0.15) is 0 Å². The summed E-state index contributed by atoms with van der Waals surface area (Å²) in [6, 6.07) is 36.3. The molecule has 0 aliphatic carbocycles. The van der Waals surface area contributed by atoms with Gasteiger partial charge in [-0.2, -0.15) is 0 Å². The van der Waals surface area contributed by atoms with E-state index in [-0.39, 0.29) is 6.71 Å². The van der Waals surface area contributed by atoms with Crippen LogP contribution in [0.25, 0.3) is 47.7 Å². The molecular formula is C30H16BNS2. The number of aromatic nitrogens is 1. The standard InChI is InChI=1S/C30H16BNS2/c1-3-12-23-17(7-1)28-25(33-23)16-15-21-27(28)18-8-5-10-20-30(18)32(21)22-11-6-14-26-29(22)31(20)19-9-2-4-13-24(19)34-26/h1-16H. The van der Waals surface area contributed by atoms with Crippen molar-refractivity contribution in [2.24, 2.45) is 0 Å². The number of para-hydroxylation sites is 1. The molecule has 34 heavy (non-hydrogen) atoms. The molecule has 0 radical (unpaired) electrons. The highest BCUT2D eigenvalue weighted by molar-refractivity contribution is 8.00. The van der Waals surface area contributed by atoms with Crippen LogP contribution in [0.5, 0.6) is 0 Å². The van der Waals surface area contributed by atoms with Crippen molar-refractivity contribution in [1.29, 1.82) is 0 Å². The van der Waals surface area contributed by atoms with Crippen molar-refractivity contribution in [2.75, 3.05) is 0 Å². The van der Waals surface area contributed by atoms with E-state index in [2.05, 4.69) is 102 Å². The minimum Gasteiger partial charge on any atom is -0.310 e. The second kappa shape index (κ2) is 6.15. The number of thiophene rings is 1. The number of hydrogen-bond donors (Lipinski definition) is 0. The van der Waals surface area contributed by atoms with Gasteiger partial charge < -0.3 is 4.57 Å². The zero-order valence-corrected chi connectivity index (χ0v) is 19.7. The smallest absolute Gasteiger partial charge is 0.249 e. The third kappa shape index (κ3) is 2.02. The van der Waals surface area contributed by atoms with Crippen LogP contribution < -0.4 is 16.4 Å². The summed E-state index contributed by atoms with van der Waals surface area (Å²) in [5.74, 6) is 0. The fourth-order valence-electron chi connectivity index (χ4n) is 6.40. The van der Waals surface area contributed by atoms with Crippen LogP contribution in [0, 0.1) is 0 Å². The quantitative estimate of drug-likeness (QED) is 0.233. The van der Waals surface area contributed by atoms with Crippen molar-refractivity contribution in [1.82, 2.24) is 4.57 Å². The summed E-state index contributed by atoms with van der Waals surface area (Å²) in [5, 5.41) is 5.53. The maximum Gasteiger partial charge on any atom is 0.249 e. The molecule has 4 heteroatoms. The molecule has 9 rings (SSSR count). The summed E-state index contributed by atoms with van der Waals surface area (Å²) in [6.07, 6.45) is 0. The lowest BCUT2D eigenvalue weighted by Gasteiger charge is -2.33. The van der Waals surface area contributed by atoms with E-state index in [1.807, 2.05) is 23.1 Å². The number of fused-ring (bicyclic) bond motifs is 11. The highest BCUT2D eigenvalue weighted by atomic mass is 32.2. The van der Waals surface area contributed by atoms with E-state index >= 15 is 0 Å². The molecule has 0 atom stereocenters. The topological polar surface area (TPSA) is 4.93 Å². The lowest BCUT2D eigenvalue weighted by Crippen LogP contribution is -2.58. The van der Waals surface area contributed by atoms with Gasteiger partial charge in [-0.05, 0) is 47.3 Å². The fraction of sp³-hybridized carbons (Fsp3) is 0. The molecule has 4 heterocycles. The van der Waals surface area contributed by atoms with Crippen molar-refractivity contribution in [3.05, 3.63) is 97.1 Å². The van der Waals surface area contributed by atoms with Gasteiger partial charge in [-0.25, -0.2) is 0 Å². The van der Waals surface area contributed by atoms with Gasteiger partial charge in [0.25, 0.3) is 0 Å². The Bertz CT molecular complexity index is 2010. The van der Waals surface area contributed by atoms with Crippen molar-refractivity contribution >= 4 is 88.2 Å². The highest BCUT2D eigenvalue weighted by Crippen LogP contribution is 2.44. The van der Waals surface area contributed by atoms with Gasteiger partial charge in [-0.3, -0.25) is 0 Å². The Balaban J connectivity index is 1.55. The first-order chi connectivity index (χ1) is 16.9. The van der Waals surface area contributed by atoms with Crippen molar-refractivity contribution in [3.8, 4) is 5.69 Å². The van der Waals surface area contributed by atoms with Gasteiger partial charge in [0.15, 0.2) is 0 Å². The minimum absolute atomic E-state index is 0.277. The SMILES string of the molecule is c1ccc2c(c1)Sc1cccc3c1B2c1cccc2c4c5c(ccc4n-3c12)sc1ccccc15. The molecule has 2 aliphatic rings. The molecule has 0 saturated carbocycles. The summed E-state index contributed by atoms with van der Waals surface area (Å²) in [5.41, 5.74) is 8.34. The molecule has 2 aromatic heterocycles. The van der Waals surface area contributed by atoms with Gasteiger partial charge in [0, 0.05) is 51.9 Å². The van der Waals surface area contributed by atoms with Gasteiger partial charge in [-0.15, -0.1) is 11.3 Å². The Kier molecular flexibility index (Phi) is 3.24. The van der Waals surface area contributed by atoms with Gasteiger partial charge in [-0.1, -0.05) is 77.9 Å².